The van der Waals surface area contributed by atoms with Crippen LogP contribution in [0.2, 0.25) is 0 Å². The third-order valence-corrected chi connectivity index (χ3v) is 10.4. The van der Waals surface area contributed by atoms with Crippen molar-refractivity contribution in [3.8, 4) is 0 Å². The molecule has 0 aromatic heterocycles. The fourth-order valence-corrected chi connectivity index (χ4v) is 8.92. The molecule has 1 aromatic rings. The summed E-state index contributed by atoms with van der Waals surface area (Å²) in [6, 6.07) is 1.65. The Morgan fingerprint density at radius 2 is 1.73 bits per heavy atom. The zero-order valence-electron chi connectivity index (χ0n) is 16.6. The maximum atomic E-state index is 13.8. The van der Waals surface area contributed by atoms with Gasteiger partial charge in [-0.25, -0.2) is 13.2 Å². The van der Waals surface area contributed by atoms with E-state index in [-0.39, 0.29) is 10.00 Å². The molecule has 2 aliphatic carbocycles. The summed E-state index contributed by atoms with van der Waals surface area (Å²) in [6.07, 6.45) is 3.79. The molecule has 1 saturated heterocycles. The van der Waals surface area contributed by atoms with E-state index in [0.717, 1.165) is 49.3 Å². The molecule has 1 amide bonds. The molecule has 1 N–H and O–H groups in total. The van der Waals surface area contributed by atoms with Crippen molar-refractivity contribution in [2.24, 2.45) is 17.8 Å². The van der Waals surface area contributed by atoms with Crippen LogP contribution in [0.15, 0.2) is 12.1 Å². The van der Waals surface area contributed by atoms with Crippen LogP contribution in [-0.2, 0) is 14.3 Å². The van der Waals surface area contributed by atoms with Crippen molar-refractivity contribution in [3.05, 3.63) is 29.6 Å². The van der Waals surface area contributed by atoms with Gasteiger partial charge in [0.05, 0.1) is 15.7 Å². The van der Waals surface area contributed by atoms with Crippen LogP contribution in [0.1, 0.15) is 39.0 Å². The van der Waals surface area contributed by atoms with E-state index in [9.17, 15) is 22.8 Å². The number of benzene rings is 1. The molecule has 30 heavy (non-hydrogen) atoms. The van der Waals surface area contributed by atoms with Gasteiger partial charge < -0.3 is 10.1 Å². The zero-order valence-corrected chi connectivity index (χ0v) is 18.2. The van der Waals surface area contributed by atoms with E-state index in [1.54, 1.807) is 0 Å². The molecule has 4 nitrogen and oxygen atoms in total. The molecule has 3 aliphatic rings. The highest BCUT2D eigenvalue weighted by atomic mass is 32.2. The maximum Gasteiger partial charge on any atom is 0.309 e. The van der Waals surface area contributed by atoms with E-state index in [0.29, 0.717) is 11.8 Å². The Kier molecular flexibility index (Phi) is 6.30. The average molecular weight is 460 g/mol. The third kappa shape index (κ3) is 3.95. The SMILES string of the molecule is CC(OC(=O)C1CC2CCCC(C1)C21SCCS1)C(=O)Nc1ccc(F)c(F)c1F. The van der Waals surface area contributed by atoms with Crippen molar-refractivity contribution in [1.29, 1.82) is 0 Å². The predicted octanol–water partition coefficient (Wildman–Crippen LogP) is 4.98. The second-order valence-electron chi connectivity index (χ2n) is 8.20. The molecule has 3 atom stereocenters. The lowest BCUT2D eigenvalue weighted by Gasteiger charge is -2.51. The van der Waals surface area contributed by atoms with Gasteiger partial charge in [0.15, 0.2) is 23.6 Å². The number of rotatable bonds is 4. The number of hydrogen-bond acceptors (Lipinski definition) is 5. The highest BCUT2D eigenvalue weighted by molar-refractivity contribution is 8.21. The van der Waals surface area contributed by atoms with Crippen LogP contribution in [0, 0.1) is 35.2 Å². The predicted molar refractivity (Wildman–Crippen MR) is 112 cm³/mol. The summed E-state index contributed by atoms with van der Waals surface area (Å²) >= 11 is 4.10. The maximum absolute atomic E-state index is 13.8. The van der Waals surface area contributed by atoms with Gasteiger partial charge in [-0.2, -0.15) is 0 Å². The normalized spacial score (nSPS) is 28.2. The quantitative estimate of drug-likeness (QED) is 0.509. The molecule has 164 valence electrons. The second kappa shape index (κ2) is 8.65. The minimum atomic E-state index is -1.66. The van der Waals surface area contributed by atoms with E-state index in [2.05, 4.69) is 5.32 Å². The number of nitrogens with one attached hydrogen (secondary N) is 1. The molecule has 1 aliphatic heterocycles. The van der Waals surface area contributed by atoms with Crippen molar-refractivity contribution in [2.45, 2.75) is 49.2 Å². The number of carbonyl (C=O) groups is 2. The number of halogens is 3. The van der Waals surface area contributed by atoms with Gasteiger partial charge >= 0.3 is 5.97 Å². The van der Waals surface area contributed by atoms with E-state index in [4.69, 9.17) is 4.74 Å². The van der Waals surface area contributed by atoms with Gasteiger partial charge in [-0.05, 0) is 56.6 Å². The van der Waals surface area contributed by atoms with Gasteiger partial charge in [-0.3, -0.25) is 9.59 Å². The first-order chi connectivity index (χ1) is 14.3. The molecule has 1 heterocycles. The summed E-state index contributed by atoms with van der Waals surface area (Å²) < 4.78 is 45.8. The minimum absolute atomic E-state index is 0.238. The van der Waals surface area contributed by atoms with Crippen molar-refractivity contribution >= 4 is 41.1 Å². The first kappa shape index (κ1) is 21.9. The summed E-state index contributed by atoms with van der Waals surface area (Å²) in [6.45, 7) is 1.39. The molecular formula is C21H24F3NO3S2. The monoisotopic (exact) mass is 459 g/mol. The summed E-state index contributed by atoms with van der Waals surface area (Å²) in [7, 11) is 0. The van der Waals surface area contributed by atoms with Crippen molar-refractivity contribution in [3.63, 3.8) is 0 Å². The third-order valence-electron chi connectivity index (χ3n) is 6.41. The molecule has 9 heteroatoms. The van der Waals surface area contributed by atoms with Crippen LogP contribution in [-0.4, -0.2) is 33.6 Å². The first-order valence-corrected chi connectivity index (χ1v) is 12.2. The summed E-state index contributed by atoms with van der Waals surface area (Å²) in [5.74, 6) is -2.68. The van der Waals surface area contributed by atoms with Crippen LogP contribution in [0.3, 0.4) is 0 Å². The van der Waals surface area contributed by atoms with Crippen LogP contribution in [0.4, 0.5) is 18.9 Å². The fourth-order valence-electron chi connectivity index (χ4n) is 4.98. The van der Waals surface area contributed by atoms with Crippen molar-refractivity contribution in [2.75, 3.05) is 16.8 Å². The summed E-state index contributed by atoms with van der Waals surface area (Å²) in [5, 5.41) is 2.16. The van der Waals surface area contributed by atoms with Gasteiger partial charge in [0.25, 0.3) is 5.91 Å². The van der Waals surface area contributed by atoms with E-state index >= 15 is 0 Å². The van der Waals surface area contributed by atoms with Crippen molar-refractivity contribution in [1.82, 2.24) is 0 Å². The molecule has 0 radical (unpaired) electrons. The fraction of sp³-hybridized carbons (Fsp3) is 0.619. The van der Waals surface area contributed by atoms with Gasteiger partial charge in [0.2, 0.25) is 0 Å². The Labute approximate surface area is 182 Å². The van der Waals surface area contributed by atoms with Crippen molar-refractivity contribution < 1.29 is 27.5 Å². The molecule has 3 fully saturated rings. The van der Waals surface area contributed by atoms with Crippen LogP contribution >= 0.6 is 23.5 Å². The van der Waals surface area contributed by atoms with Crippen LogP contribution in [0.25, 0.3) is 0 Å². The van der Waals surface area contributed by atoms with Gasteiger partial charge in [-0.15, -0.1) is 23.5 Å². The van der Waals surface area contributed by atoms with E-state index in [1.807, 2.05) is 23.5 Å². The van der Waals surface area contributed by atoms with Gasteiger partial charge in [-0.1, -0.05) is 6.42 Å². The molecule has 1 aromatic carbocycles. The van der Waals surface area contributed by atoms with E-state index < -0.39 is 41.1 Å². The number of hydrogen-bond donors (Lipinski definition) is 1. The number of carbonyl (C=O) groups excluding carboxylic acids is 2. The van der Waals surface area contributed by atoms with Crippen LogP contribution < -0.4 is 5.32 Å². The number of amides is 1. The number of esters is 1. The zero-order chi connectivity index (χ0) is 21.5. The lowest BCUT2D eigenvalue weighted by atomic mass is 9.67. The van der Waals surface area contributed by atoms with E-state index in [1.165, 1.54) is 13.3 Å². The molecule has 3 unspecified atom stereocenters. The first-order valence-electron chi connectivity index (χ1n) is 10.2. The molecule has 2 saturated carbocycles. The highest BCUT2D eigenvalue weighted by Gasteiger charge is 2.55. The Balaban J connectivity index is 1.37. The Morgan fingerprint density at radius 1 is 1.10 bits per heavy atom. The lowest BCUT2D eigenvalue weighted by Crippen LogP contribution is -2.48. The Morgan fingerprint density at radius 3 is 2.37 bits per heavy atom. The number of ether oxygens (including phenoxy) is 1. The number of anilines is 1. The summed E-state index contributed by atoms with van der Waals surface area (Å²) in [4.78, 5) is 25.1. The molecule has 1 spiro atoms. The number of thioether (sulfide) groups is 2. The van der Waals surface area contributed by atoms with Crippen LogP contribution in [0.5, 0.6) is 0 Å². The topological polar surface area (TPSA) is 55.4 Å². The Hall–Kier alpha value is -1.35. The highest BCUT2D eigenvalue weighted by Crippen LogP contribution is 2.64. The second-order valence-corrected chi connectivity index (χ2v) is 11.2. The molecule has 4 rings (SSSR count). The molecular weight excluding hydrogens is 435 g/mol. The Bertz CT molecular complexity index is 831. The lowest BCUT2D eigenvalue weighted by molar-refractivity contribution is -0.159. The minimum Gasteiger partial charge on any atom is -0.452 e. The standard InChI is InChI=1S/C21H24F3NO3S2/c1-11(19(26)25-16-6-5-15(22)17(23)18(16)24)28-20(27)12-9-13-3-2-4-14(10-12)21(13)29-7-8-30-21/h5-6,11-14H,2-4,7-10H2,1H3,(H,25,26). The smallest absolute Gasteiger partial charge is 0.309 e. The molecule has 2 bridgehead atoms. The summed E-state index contributed by atoms with van der Waals surface area (Å²) in [5.41, 5.74) is -0.494. The van der Waals surface area contributed by atoms with Gasteiger partial charge in [0, 0.05) is 11.5 Å². The average Bonchev–Trinajstić information content (AvgIpc) is 3.17. The largest absolute Gasteiger partial charge is 0.452 e. The van der Waals surface area contributed by atoms with Gasteiger partial charge in [0.1, 0.15) is 0 Å².